The predicted molar refractivity (Wildman–Crippen MR) is 123 cm³/mol. The van der Waals surface area contributed by atoms with Crippen molar-refractivity contribution >= 4 is 28.6 Å². The molecule has 1 N–H and O–H groups in total. The van der Waals surface area contributed by atoms with E-state index in [0.29, 0.717) is 22.6 Å². The minimum Gasteiger partial charge on any atom is -0.349 e. The van der Waals surface area contributed by atoms with Crippen molar-refractivity contribution in [2.45, 2.75) is 24.7 Å². The first kappa shape index (κ1) is 21.7. The highest BCUT2D eigenvalue weighted by Crippen LogP contribution is 2.20. The van der Waals surface area contributed by atoms with E-state index in [9.17, 15) is 14.0 Å². The first-order valence-electron chi connectivity index (χ1n) is 10.1. The van der Waals surface area contributed by atoms with Crippen LogP contribution < -0.4 is 10.9 Å². The maximum atomic E-state index is 13.1. The quantitative estimate of drug-likeness (QED) is 0.342. The molecule has 0 aliphatic rings. The lowest BCUT2D eigenvalue weighted by Crippen LogP contribution is -2.29. The van der Waals surface area contributed by atoms with Crippen LogP contribution in [0.2, 0.25) is 0 Å². The molecule has 1 unspecified atom stereocenters. The van der Waals surface area contributed by atoms with Crippen LogP contribution in [0.4, 0.5) is 4.39 Å². The lowest BCUT2D eigenvalue weighted by molar-refractivity contribution is -0.119. The molecule has 0 aliphatic carbocycles. The van der Waals surface area contributed by atoms with Crippen molar-refractivity contribution in [1.29, 1.82) is 0 Å². The topological polar surface area (TPSA) is 76.9 Å². The Bertz CT molecular complexity index is 1290. The van der Waals surface area contributed by atoms with Crippen molar-refractivity contribution in [3.63, 3.8) is 0 Å². The fourth-order valence-corrected chi connectivity index (χ4v) is 4.13. The molecule has 2 heterocycles. The number of rotatable bonds is 7. The molecule has 0 bridgehead atoms. The number of benzene rings is 2. The van der Waals surface area contributed by atoms with E-state index < -0.39 is 0 Å². The summed E-state index contributed by atoms with van der Waals surface area (Å²) >= 11 is 1.20. The van der Waals surface area contributed by atoms with Gasteiger partial charge in [-0.25, -0.2) is 9.37 Å². The zero-order valence-electron chi connectivity index (χ0n) is 17.4. The number of amides is 1. The van der Waals surface area contributed by atoms with Crippen molar-refractivity contribution in [2.75, 3.05) is 5.75 Å². The maximum Gasteiger partial charge on any atom is 0.262 e. The number of carbonyl (C=O) groups is 1. The standard InChI is InChI=1S/C24H21FN4O2S/c1-16(18-8-10-19(25)11-9-18)27-22(30)15-32-24-28-21-7-3-2-6-20(21)23(31)29(24)14-17-5-4-12-26-13-17/h2-13,16H,14-15H2,1H3,(H,27,30). The smallest absolute Gasteiger partial charge is 0.262 e. The summed E-state index contributed by atoms with van der Waals surface area (Å²) in [5.74, 6) is -0.442. The third-order valence-corrected chi connectivity index (χ3v) is 5.95. The summed E-state index contributed by atoms with van der Waals surface area (Å²) in [6.45, 7) is 2.14. The van der Waals surface area contributed by atoms with Crippen LogP contribution in [0.3, 0.4) is 0 Å². The molecule has 0 saturated carbocycles. The zero-order valence-corrected chi connectivity index (χ0v) is 18.2. The van der Waals surface area contributed by atoms with Crippen molar-refractivity contribution < 1.29 is 9.18 Å². The molecule has 4 rings (SSSR count). The summed E-state index contributed by atoms with van der Waals surface area (Å²) in [5.41, 5.74) is 2.09. The van der Waals surface area contributed by atoms with Gasteiger partial charge in [-0.3, -0.25) is 19.1 Å². The number of para-hydroxylation sites is 1. The molecular formula is C24H21FN4O2S. The van der Waals surface area contributed by atoms with Crippen LogP contribution in [0.1, 0.15) is 24.1 Å². The number of nitrogens with one attached hydrogen (secondary N) is 1. The molecule has 8 heteroatoms. The highest BCUT2D eigenvalue weighted by Gasteiger charge is 2.15. The van der Waals surface area contributed by atoms with Gasteiger partial charge in [0.1, 0.15) is 5.82 Å². The van der Waals surface area contributed by atoms with Crippen LogP contribution >= 0.6 is 11.8 Å². The monoisotopic (exact) mass is 448 g/mol. The third kappa shape index (κ3) is 5.03. The summed E-state index contributed by atoms with van der Waals surface area (Å²) in [6.07, 6.45) is 3.38. The molecule has 0 saturated heterocycles. The Morgan fingerprint density at radius 1 is 1.12 bits per heavy atom. The number of carbonyl (C=O) groups excluding carboxylic acids is 1. The van der Waals surface area contributed by atoms with Crippen LogP contribution in [-0.4, -0.2) is 26.2 Å². The molecule has 0 fully saturated rings. The summed E-state index contributed by atoms with van der Waals surface area (Å²) in [5, 5.41) is 3.88. The Balaban J connectivity index is 1.54. The lowest BCUT2D eigenvalue weighted by atomic mass is 10.1. The molecule has 4 aromatic rings. The summed E-state index contributed by atoms with van der Waals surface area (Å²) in [6, 6.07) is 16.6. The number of halogens is 1. The molecule has 1 amide bonds. The van der Waals surface area contributed by atoms with E-state index in [1.165, 1.54) is 23.9 Å². The van der Waals surface area contributed by atoms with Gasteiger partial charge in [0.15, 0.2) is 5.16 Å². The molecule has 2 aromatic heterocycles. The van der Waals surface area contributed by atoms with Gasteiger partial charge in [-0.2, -0.15) is 0 Å². The van der Waals surface area contributed by atoms with Gasteiger partial charge in [0.05, 0.1) is 29.2 Å². The Morgan fingerprint density at radius 2 is 1.91 bits per heavy atom. The van der Waals surface area contributed by atoms with Crippen LogP contribution in [0, 0.1) is 5.82 Å². The fourth-order valence-electron chi connectivity index (χ4n) is 3.32. The van der Waals surface area contributed by atoms with Crippen molar-refractivity contribution in [3.8, 4) is 0 Å². The van der Waals surface area contributed by atoms with Crippen LogP contribution in [-0.2, 0) is 11.3 Å². The minimum atomic E-state index is -0.322. The van der Waals surface area contributed by atoms with E-state index in [1.807, 2.05) is 25.1 Å². The third-order valence-electron chi connectivity index (χ3n) is 4.97. The predicted octanol–water partition coefficient (Wildman–Crippen LogP) is 3.95. The Morgan fingerprint density at radius 3 is 2.66 bits per heavy atom. The second-order valence-corrected chi connectivity index (χ2v) is 8.24. The van der Waals surface area contributed by atoms with Gasteiger partial charge in [-0.05, 0) is 48.4 Å². The van der Waals surface area contributed by atoms with Crippen molar-refractivity contribution in [2.24, 2.45) is 0 Å². The Labute approximate surface area is 188 Å². The molecule has 6 nitrogen and oxygen atoms in total. The molecule has 0 aliphatic heterocycles. The lowest BCUT2D eigenvalue weighted by Gasteiger charge is -2.15. The summed E-state index contributed by atoms with van der Waals surface area (Å²) in [7, 11) is 0. The van der Waals surface area contributed by atoms with Gasteiger partial charge in [-0.15, -0.1) is 0 Å². The van der Waals surface area contributed by atoms with E-state index in [0.717, 1.165) is 11.1 Å². The Kier molecular flexibility index (Phi) is 6.61. The van der Waals surface area contributed by atoms with Crippen LogP contribution in [0.25, 0.3) is 10.9 Å². The van der Waals surface area contributed by atoms with E-state index in [2.05, 4.69) is 15.3 Å². The molecular weight excluding hydrogens is 427 g/mol. The van der Waals surface area contributed by atoms with Gasteiger partial charge >= 0.3 is 0 Å². The van der Waals surface area contributed by atoms with E-state index in [4.69, 9.17) is 0 Å². The van der Waals surface area contributed by atoms with Gasteiger partial charge in [0, 0.05) is 12.4 Å². The number of hydrogen-bond acceptors (Lipinski definition) is 5. The zero-order chi connectivity index (χ0) is 22.5. The highest BCUT2D eigenvalue weighted by molar-refractivity contribution is 7.99. The maximum absolute atomic E-state index is 13.1. The van der Waals surface area contributed by atoms with Gasteiger partial charge < -0.3 is 5.32 Å². The molecule has 0 radical (unpaired) electrons. The first-order valence-corrected chi connectivity index (χ1v) is 11.1. The van der Waals surface area contributed by atoms with E-state index >= 15 is 0 Å². The molecule has 2 aromatic carbocycles. The minimum absolute atomic E-state index is 0.0867. The highest BCUT2D eigenvalue weighted by atomic mass is 32.2. The van der Waals surface area contributed by atoms with E-state index in [-0.39, 0.29) is 29.1 Å². The normalized spacial score (nSPS) is 11.9. The second-order valence-electron chi connectivity index (χ2n) is 7.29. The molecule has 162 valence electrons. The number of fused-ring (bicyclic) bond motifs is 1. The summed E-state index contributed by atoms with van der Waals surface area (Å²) < 4.78 is 14.7. The number of nitrogens with zero attached hydrogens (tertiary/aromatic N) is 3. The Hall–Kier alpha value is -3.52. The summed E-state index contributed by atoms with van der Waals surface area (Å²) in [4.78, 5) is 34.4. The van der Waals surface area contributed by atoms with Gasteiger partial charge in [0.25, 0.3) is 5.56 Å². The van der Waals surface area contributed by atoms with Gasteiger partial charge in [-0.1, -0.05) is 42.1 Å². The molecule has 32 heavy (non-hydrogen) atoms. The van der Waals surface area contributed by atoms with Gasteiger partial charge in [0.2, 0.25) is 5.91 Å². The number of hydrogen-bond donors (Lipinski definition) is 1. The molecule has 0 spiro atoms. The average Bonchev–Trinajstić information content (AvgIpc) is 2.81. The molecule has 1 atom stereocenters. The van der Waals surface area contributed by atoms with E-state index in [1.54, 1.807) is 47.3 Å². The first-order chi connectivity index (χ1) is 15.5. The van der Waals surface area contributed by atoms with Crippen LogP contribution in [0.15, 0.2) is 83.0 Å². The number of aromatic nitrogens is 3. The average molecular weight is 449 g/mol. The fraction of sp³-hybridized carbons (Fsp3) is 0.167. The SMILES string of the molecule is CC(NC(=O)CSc1nc2ccccc2c(=O)n1Cc1cccnc1)c1ccc(F)cc1. The number of pyridine rings is 1. The number of thioether (sulfide) groups is 1. The van der Waals surface area contributed by atoms with Crippen molar-refractivity contribution in [1.82, 2.24) is 19.9 Å². The largest absolute Gasteiger partial charge is 0.349 e. The second kappa shape index (κ2) is 9.74. The van der Waals surface area contributed by atoms with Crippen molar-refractivity contribution in [3.05, 3.63) is 100 Å². The van der Waals surface area contributed by atoms with Crippen LogP contribution in [0.5, 0.6) is 0 Å².